The van der Waals surface area contributed by atoms with Crippen LogP contribution >= 0.6 is 0 Å². The molecule has 0 N–H and O–H groups in total. The van der Waals surface area contributed by atoms with Gasteiger partial charge in [-0.2, -0.15) is 5.10 Å². The van der Waals surface area contributed by atoms with Crippen LogP contribution in [0.25, 0.3) is 11.3 Å². The molecule has 3 aromatic rings. The Bertz CT molecular complexity index is 794. The summed E-state index contributed by atoms with van der Waals surface area (Å²) in [5.41, 5.74) is 2.82. The first-order valence-electron chi connectivity index (χ1n) is 7.85. The van der Waals surface area contributed by atoms with Crippen LogP contribution in [0.5, 0.6) is 0 Å². The van der Waals surface area contributed by atoms with Crippen molar-refractivity contribution in [1.82, 2.24) is 14.7 Å². The zero-order chi connectivity index (χ0) is 15.6. The van der Waals surface area contributed by atoms with Crippen LogP contribution in [0.2, 0.25) is 0 Å². The molecule has 0 saturated carbocycles. The molecule has 23 heavy (non-hydrogen) atoms. The number of furan rings is 1. The zero-order valence-electron chi connectivity index (χ0n) is 12.8. The summed E-state index contributed by atoms with van der Waals surface area (Å²) in [7, 11) is 0. The Labute approximate surface area is 134 Å². The van der Waals surface area contributed by atoms with Gasteiger partial charge in [0.2, 0.25) is 0 Å². The highest BCUT2D eigenvalue weighted by Crippen LogP contribution is 2.23. The summed E-state index contributed by atoms with van der Waals surface area (Å²) in [6.07, 6.45) is 2.75. The molecule has 0 saturated heterocycles. The maximum Gasteiger partial charge on any atom is 0.123 e. The summed E-state index contributed by atoms with van der Waals surface area (Å²) in [6.45, 7) is 3.52. The van der Waals surface area contributed by atoms with Crippen LogP contribution in [0.1, 0.15) is 17.9 Å². The van der Waals surface area contributed by atoms with Crippen LogP contribution in [-0.4, -0.2) is 21.2 Å². The quantitative estimate of drug-likeness (QED) is 0.740. The van der Waals surface area contributed by atoms with E-state index in [4.69, 9.17) is 4.42 Å². The van der Waals surface area contributed by atoms with E-state index in [-0.39, 0.29) is 5.82 Å². The lowest BCUT2D eigenvalue weighted by molar-refractivity contribution is 0.239. The molecule has 2 aromatic heterocycles. The number of aromatic nitrogens is 2. The molecule has 5 heteroatoms. The summed E-state index contributed by atoms with van der Waals surface area (Å²) in [4.78, 5) is 2.36. The number of aryl methyl sites for hydroxylation is 1. The van der Waals surface area contributed by atoms with Gasteiger partial charge in [0.1, 0.15) is 11.6 Å². The number of hydrogen-bond acceptors (Lipinski definition) is 3. The molecule has 0 fully saturated rings. The lowest BCUT2D eigenvalue weighted by Gasteiger charge is -2.17. The molecule has 118 valence electrons. The summed E-state index contributed by atoms with van der Waals surface area (Å²) >= 11 is 0. The van der Waals surface area contributed by atoms with Crippen molar-refractivity contribution in [2.75, 3.05) is 6.54 Å². The summed E-state index contributed by atoms with van der Waals surface area (Å²) < 4.78 is 20.9. The minimum atomic E-state index is -0.231. The predicted octanol–water partition coefficient (Wildman–Crippen LogP) is 3.69. The smallest absolute Gasteiger partial charge is 0.123 e. The van der Waals surface area contributed by atoms with Crippen molar-refractivity contribution < 1.29 is 8.81 Å². The van der Waals surface area contributed by atoms with Crippen molar-refractivity contribution in [2.24, 2.45) is 0 Å². The highest BCUT2D eigenvalue weighted by atomic mass is 19.1. The first-order valence-corrected chi connectivity index (χ1v) is 7.85. The molecule has 0 amide bonds. The van der Waals surface area contributed by atoms with Crippen molar-refractivity contribution in [3.05, 3.63) is 66.0 Å². The van der Waals surface area contributed by atoms with Crippen LogP contribution in [0.4, 0.5) is 4.39 Å². The molecule has 0 radical (unpaired) electrons. The Kier molecular flexibility index (Phi) is 3.71. The van der Waals surface area contributed by atoms with Gasteiger partial charge in [0.15, 0.2) is 0 Å². The predicted molar refractivity (Wildman–Crippen MR) is 85.1 cm³/mol. The van der Waals surface area contributed by atoms with E-state index >= 15 is 0 Å². The number of hydrogen-bond donors (Lipinski definition) is 0. The highest BCUT2D eigenvalue weighted by molar-refractivity contribution is 5.59. The molecule has 0 atom stereocenters. The normalized spacial score (nSPS) is 15.3. The van der Waals surface area contributed by atoms with Crippen LogP contribution < -0.4 is 0 Å². The average Bonchev–Trinajstić information content (AvgIpc) is 3.14. The Morgan fingerprint density at radius 1 is 1.13 bits per heavy atom. The number of halogens is 1. The second kappa shape index (κ2) is 6.01. The van der Waals surface area contributed by atoms with Gasteiger partial charge >= 0.3 is 0 Å². The van der Waals surface area contributed by atoms with Gasteiger partial charge in [-0.3, -0.25) is 9.58 Å². The maximum absolute atomic E-state index is 13.4. The summed E-state index contributed by atoms with van der Waals surface area (Å²) in [6, 6.07) is 12.6. The fourth-order valence-electron chi connectivity index (χ4n) is 3.08. The fraction of sp³-hybridized carbons (Fsp3) is 0.278. The van der Waals surface area contributed by atoms with Crippen molar-refractivity contribution in [3.8, 4) is 11.3 Å². The third-order valence-corrected chi connectivity index (χ3v) is 4.17. The molecule has 1 aliphatic heterocycles. The molecule has 1 aliphatic rings. The van der Waals surface area contributed by atoms with E-state index in [2.05, 4.69) is 16.1 Å². The first-order chi connectivity index (χ1) is 11.3. The SMILES string of the molecule is Fc1cccc(-c2cc3n(n2)CCCN(Cc2ccco2)C3)c1. The number of rotatable bonds is 3. The number of fused-ring (bicyclic) bond motifs is 1. The van der Waals surface area contributed by atoms with E-state index in [0.717, 1.165) is 55.3 Å². The standard InChI is InChI=1S/C18H18FN3O/c19-15-5-1-4-14(10-15)18-11-16-12-21(7-3-8-22(16)20-18)13-17-6-2-9-23-17/h1-2,4-6,9-11H,3,7-8,12-13H2. The van der Waals surface area contributed by atoms with Crippen LogP contribution in [0.15, 0.2) is 53.1 Å². The van der Waals surface area contributed by atoms with E-state index in [1.165, 1.54) is 12.1 Å². The van der Waals surface area contributed by atoms with Crippen LogP contribution in [-0.2, 0) is 19.6 Å². The molecule has 1 aromatic carbocycles. The van der Waals surface area contributed by atoms with Gasteiger partial charge in [-0.05, 0) is 36.8 Å². The Morgan fingerprint density at radius 3 is 2.91 bits per heavy atom. The van der Waals surface area contributed by atoms with Crippen molar-refractivity contribution in [3.63, 3.8) is 0 Å². The first kappa shape index (κ1) is 14.2. The molecule has 3 heterocycles. The van der Waals surface area contributed by atoms with Crippen LogP contribution in [0.3, 0.4) is 0 Å². The Morgan fingerprint density at radius 2 is 2.09 bits per heavy atom. The van der Waals surface area contributed by atoms with Gasteiger partial charge in [-0.25, -0.2) is 4.39 Å². The molecule has 0 unspecified atom stereocenters. The van der Waals surface area contributed by atoms with E-state index in [9.17, 15) is 4.39 Å². The van der Waals surface area contributed by atoms with Gasteiger partial charge < -0.3 is 4.42 Å². The number of benzene rings is 1. The topological polar surface area (TPSA) is 34.2 Å². The molecular weight excluding hydrogens is 293 g/mol. The number of nitrogens with zero attached hydrogens (tertiary/aromatic N) is 3. The zero-order valence-corrected chi connectivity index (χ0v) is 12.8. The second-order valence-electron chi connectivity index (χ2n) is 5.90. The second-order valence-corrected chi connectivity index (χ2v) is 5.90. The van der Waals surface area contributed by atoms with Gasteiger partial charge in [0.05, 0.1) is 24.2 Å². The van der Waals surface area contributed by atoms with Crippen molar-refractivity contribution >= 4 is 0 Å². The highest BCUT2D eigenvalue weighted by Gasteiger charge is 2.18. The molecular formula is C18H18FN3O. The Hall–Kier alpha value is -2.40. The molecule has 4 nitrogen and oxygen atoms in total. The van der Waals surface area contributed by atoms with E-state index in [1.807, 2.05) is 22.9 Å². The summed E-state index contributed by atoms with van der Waals surface area (Å²) in [5, 5.41) is 4.65. The summed E-state index contributed by atoms with van der Waals surface area (Å²) in [5.74, 6) is 0.744. The molecule has 4 rings (SSSR count). The van der Waals surface area contributed by atoms with Gasteiger partial charge in [0.25, 0.3) is 0 Å². The van der Waals surface area contributed by atoms with Gasteiger partial charge in [-0.1, -0.05) is 12.1 Å². The third-order valence-electron chi connectivity index (χ3n) is 4.17. The van der Waals surface area contributed by atoms with E-state index in [0.29, 0.717) is 0 Å². The van der Waals surface area contributed by atoms with E-state index < -0.39 is 0 Å². The van der Waals surface area contributed by atoms with E-state index in [1.54, 1.807) is 12.3 Å². The molecule has 0 spiro atoms. The molecule has 0 aliphatic carbocycles. The maximum atomic E-state index is 13.4. The third kappa shape index (κ3) is 3.05. The minimum Gasteiger partial charge on any atom is -0.468 e. The van der Waals surface area contributed by atoms with Crippen LogP contribution in [0, 0.1) is 5.82 Å². The Balaban J connectivity index is 1.58. The largest absolute Gasteiger partial charge is 0.468 e. The van der Waals surface area contributed by atoms with Crippen molar-refractivity contribution in [1.29, 1.82) is 0 Å². The fourth-order valence-corrected chi connectivity index (χ4v) is 3.08. The average molecular weight is 311 g/mol. The molecule has 0 bridgehead atoms. The van der Waals surface area contributed by atoms with Gasteiger partial charge in [-0.15, -0.1) is 0 Å². The lowest BCUT2D eigenvalue weighted by Crippen LogP contribution is -2.22. The van der Waals surface area contributed by atoms with Crippen molar-refractivity contribution in [2.45, 2.75) is 26.1 Å². The minimum absolute atomic E-state index is 0.231. The monoisotopic (exact) mass is 311 g/mol. The van der Waals surface area contributed by atoms with Gasteiger partial charge in [0, 0.05) is 25.2 Å². The lowest BCUT2D eigenvalue weighted by atomic mass is 10.1.